The molecule has 3 aromatic rings. The van der Waals surface area contributed by atoms with Crippen molar-refractivity contribution in [3.63, 3.8) is 0 Å². The van der Waals surface area contributed by atoms with Crippen molar-refractivity contribution in [2.45, 2.75) is 51.7 Å². The number of imidazole rings is 1. The first-order valence-electron chi connectivity index (χ1n) is 12.6. The normalized spacial score (nSPS) is 14.4. The zero-order valence-corrected chi connectivity index (χ0v) is 22.6. The molecule has 1 aliphatic heterocycles. The second kappa shape index (κ2) is 10.8. The van der Waals surface area contributed by atoms with Gasteiger partial charge < -0.3 is 14.5 Å². The third-order valence-corrected chi connectivity index (χ3v) is 8.19. The molecule has 0 saturated carbocycles. The van der Waals surface area contributed by atoms with Gasteiger partial charge in [-0.2, -0.15) is 0 Å². The average Bonchev–Trinajstić information content (AvgIpc) is 3.22. The van der Waals surface area contributed by atoms with E-state index in [1.54, 1.807) is 0 Å². The Labute approximate surface area is 206 Å². The summed E-state index contributed by atoms with van der Waals surface area (Å²) in [4.78, 5) is 9.90. The molecular weight excluding hydrogens is 436 g/mol. The summed E-state index contributed by atoms with van der Waals surface area (Å²) in [5, 5.41) is 0. The van der Waals surface area contributed by atoms with Crippen LogP contribution in [-0.2, 0) is 11.5 Å². The van der Waals surface area contributed by atoms with Gasteiger partial charge in [0.05, 0.1) is 11.4 Å². The zero-order chi connectivity index (χ0) is 24.1. The lowest BCUT2D eigenvalue weighted by Crippen LogP contribution is -2.32. The van der Waals surface area contributed by atoms with Gasteiger partial charge in [0.2, 0.25) is 5.95 Å². The quantitative estimate of drug-likeness (QED) is 0.258. The van der Waals surface area contributed by atoms with E-state index in [-0.39, 0.29) is 0 Å². The van der Waals surface area contributed by atoms with Crippen LogP contribution in [0.3, 0.4) is 0 Å². The Balaban J connectivity index is 1.82. The highest BCUT2D eigenvalue weighted by atomic mass is 28.3. The van der Waals surface area contributed by atoms with E-state index in [9.17, 15) is 0 Å². The minimum Gasteiger partial charge on any atom is -0.378 e. The molecule has 5 nitrogen and oxygen atoms in total. The lowest BCUT2D eigenvalue weighted by Gasteiger charge is -2.28. The predicted octanol–water partition coefficient (Wildman–Crippen LogP) is 6.59. The van der Waals surface area contributed by atoms with Gasteiger partial charge in [-0.1, -0.05) is 62.1 Å². The second-order valence-corrected chi connectivity index (χ2v) is 16.4. The topological polar surface area (TPSA) is 33.5 Å². The molecule has 0 atom stereocenters. The predicted molar refractivity (Wildman–Crippen MR) is 148 cm³/mol. The fraction of sp³-hybridized carbons (Fsp3) is 0.464. The Kier molecular flexibility index (Phi) is 7.79. The van der Waals surface area contributed by atoms with Crippen molar-refractivity contribution in [1.82, 2.24) is 9.55 Å². The first kappa shape index (κ1) is 24.5. The number of hydrogen-bond acceptors (Lipinski definition) is 4. The number of nitrogens with zero attached hydrogens (tertiary/aromatic N) is 4. The van der Waals surface area contributed by atoms with Gasteiger partial charge in [-0.15, -0.1) is 0 Å². The van der Waals surface area contributed by atoms with Crippen LogP contribution < -0.4 is 9.80 Å². The highest BCUT2D eigenvalue weighted by Crippen LogP contribution is 2.37. The number of anilines is 2. The van der Waals surface area contributed by atoms with Crippen molar-refractivity contribution < 1.29 is 4.74 Å². The summed E-state index contributed by atoms with van der Waals surface area (Å²) in [6.45, 7) is 10.6. The van der Waals surface area contributed by atoms with E-state index in [2.05, 4.69) is 103 Å². The first-order chi connectivity index (χ1) is 16.3. The van der Waals surface area contributed by atoms with E-state index in [0.29, 0.717) is 6.73 Å². The van der Waals surface area contributed by atoms with Crippen LogP contribution >= 0.6 is 0 Å². The van der Waals surface area contributed by atoms with E-state index in [1.165, 1.54) is 30.5 Å². The largest absolute Gasteiger partial charge is 0.378 e. The van der Waals surface area contributed by atoms with Crippen molar-refractivity contribution in [2.24, 2.45) is 0 Å². The van der Waals surface area contributed by atoms with Gasteiger partial charge in [0, 0.05) is 58.7 Å². The Morgan fingerprint density at radius 3 is 2.29 bits per heavy atom. The number of hydrogen-bond donors (Lipinski definition) is 0. The van der Waals surface area contributed by atoms with E-state index in [0.717, 1.165) is 48.6 Å². The molecule has 0 aliphatic carbocycles. The minimum atomic E-state index is -1.15. The molecule has 6 heteroatoms. The maximum Gasteiger partial charge on any atom is 0.208 e. The van der Waals surface area contributed by atoms with E-state index in [1.807, 2.05) is 0 Å². The van der Waals surface area contributed by atoms with E-state index in [4.69, 9.17) is 9.72 Å². The second-order valence-electron chi connectivity index (χ2n) is 10.7. The lowest BCUT2D eigenvalue weighted by molar-refractivity contribution is 0.0889. The molecule has 0 spiro atoms. The van der Waals surface area contributed by atoms with Gasteiger partial charge >= 0.3 is 0 Å². The Morgan fingerprint density at radius 1 is 0.912 bits per heavy atom. The molecule has 1 aromatic heterocycles. The van der Waals surface area contributed by atoms with Crippen LogP contribution in [0.5, 0.6) is 0 Å². The Bertz CT molecular complexity index is 1070. The monoisotopic (exact) mass is 476 g/mol. The first-order valence-corrected chi connectivity index (χ1v) is 16.3. The summed E-state index contributed by atoms with van der Waals surface area (Å²) in [6.07, 6.45) is 3.73. The number of aromatic nitrogens is 2. The molecule has 182 valence electrons. The molecule has 1 saturated heterocycles. The molecule has 0 radical (unpaired) electrons. The lowest BCUT2D eigenvalue weighted by atomic mass is 10.0. The van der Waals surface area contributed by atoms with Gasteiger partial charge in [-0.3, -0.25) is 4.57 Å². The van der Waals surface area contributed by atoms with Crippen molar-refractivity contribution in [2.75, 3.05) is 43.6 Å². The highest BCUT2D eigenvalue weighted by molar-refractivity contribution is 6.76. The molecule has 0 amide bonds. The van der Waals surface area contributed by atoms with Crippen molar-refractivity contribution in [3.8, 4) is 22.5 Å². The van der Waals surface area contributed by atoms with Crippen LogP contribution in [0.25, 0.3) is 22.5 Å². The summed E-state index contributed by atoms with van der Waals surface area (Å²) < 4.78 is 8.66. The SMILES string of the molecule is CN(C)c1cccc(-c2c(-c3ccccc3)nc(N3CCCCC3)n2COCC[Si](C)(C)C)c1. The van der Waals surface area contributed by atoms with Crippen molar-refractivity contribution in [1.29, 1.82) is 0 Å². The van der Waals surface area contributed by atoms with E-state index >= 15 is 0 Å². The van der Waals surface area contributed by atoms with Crippen molar-refractivity contribution >= 4 is 19.7 Å². The van der Waals surface area contributed by atoms with Crippen LogP contribution in [0.15, 0.2) is 54.6 Å². The summed E-state index contributed by atoms with van der Waals surface area (Å²) in [5.41, 5.74) is 5.68. The molecule has 2 heterocycles. The van der Waals surface area contributed by atoms with Gasteiger partial charge in [0.1, 0.15) is 6.73 Å². The Hall–Kier alpha value is -2.57. The fourth-order valence-electron chi connectivity index (χ4n) is 4.45. The molecular formula is C28H40N4OSi. The zero-order valence-electron chi connectivity index (χ0n) is 21.6. The molecule has 0 N–H and O–H groups in total. The minimum absolute atomic E-state index is 0.525. The average molecular weight is 477 g/mol. The van der Waals surface area contributed by atoms with Crippen LogP contribution in [0.2, 0.25) is 25.7 Å². The summed E-state index contributed by atoms with van der Waals surface area (Å²) in [6, 6.07) is 20.5. The van der Waals surface area contributed by atoms with Gasteiger partial charge in [0.15, 0.2) is 0 Å². The molecule has 1 aliphatic rings. The fourth-order valence-corrected chi connectivity index (χ4v) is 5.21. The molecule has 4 rings (SSSR count). The van der Waals surface area contributed by atoms with Crippen LogP contribution in [0.1, 0.15) is 19.3 Å². The van der Waals surface area contributed by atoms with Crippen LogP contribution in [-0.4, -0.2) is 51.4 Å². The Morgan fingerprint density at radius 2 is 1.62 bits per heavy atom. The molecule has 1 fully saturated rings. The molecule has 0 unspecified atom stereocenters. The number of ether oxygens (including phenoxy) is 1. The number of rotatable bonds is 9. The van der Waals surface area contributed by atoms with Gasteiger partial charge in [0.25, 0.3) is 0 Å². The van der Waals surface area contributed by atoms with E-state index < -0.39 is 8.07 Å². The standard InChI is InChI=1S/C28H40N4OSi/c1-30(2)25-16-12-15-24(21-25)27-26(23-13-8-6-9-14-23)29-28(31-17-10-7-11-18-31)32(27)22-33-19-20-34(3,4)5/h6,8-9,12-16,21H,7,10-11,17-20,22H2,1-5H3. The number of piperidine rings is 1. The van der Waals surface area contributed by atoms with Crippen LogP contribution in [0, 0.1) is 0 Å². The van der Waals surface area contributed by atoms with Crippen molar-refractivity contribution in [3.05, 3.63) is 54.6 Å². The molecule has 0 bridgehead atoms. The summed E-state index contributed by atoms with van der Waals surface area (Å²) in [5.74, 6) is 1.04. The summed E-state index contributed by atoms with van der Waals surface area (Å²) >= 11 is 0. The maximum absolute atomic E-state index is 6.34. The van der Waals surface area contributed by atoms with Crippen LogP contribution in [0.4, 0.5) is 11.6 Å². The third-order valence-electron chi connectivity index (χ3n) is 6.49. The highest BCUT2D eigenvalue weighted by Gasteiger charge is 2.25. The third kappa shape index (κ3) is 5.91. The van der Waals surface area contributed by atoms with Gasteiger partial charge in [-0.25, -0.2) is 4.98 Å². The smallest absolute Gasteiger partial charge is 0.208 e. The van der Waals surface area contributed by atoms with Gasteiger partial charge in [-0.05, 0) is 37.4 Å². The number of benzene rings is 2. The summed E-state index contributed by atoms with van der Waals surface area (Å²) in [7, 11) is 3.03. The maximum atomic E-state index is 6.34. The molecule has 34 heavy (non-hydrogen) atoms. The molecule has 2 aromatic carbocycles.